The summed E-state index contributed by atoms with van der Waals surface area (Å²) in [5.74, 6) is -20.3. The number of carbonyl (C=O) groups is 2. The van der Waals surface area contributed by atoms with Crippen molar-refractivity contribution in [3.8, 4) is 0 Å². The average Bonchev–Trinajstić information content (AvgIpc) is 2.57. The van der Waals surface area contributed by atoms with E-state index in [0.717, 1.165) is 0 Å². The highest BCUT2D eigenvalue weighted by atomic mass is 19.4. The van der Waals surface area contributed by atoms with Crippen LogP contribution in [0.4, 0.5) is 35.1 Å². The Balaban J connectivity index is 0. The van der Waals surface area contributed by atoms with Crippen LogP contribution in [0.3, 0.4) is 0 Å². The van der Waals surface area contributed by atoms with Crippen molar-refractivity contribution in [2.24, 2.45) is 16.2 Å². The van der Waals surface area contributed by atoms with Crippen LogP contribution in [0, 0.1) is 16.2 Å². The van der Waals surface area contributed by atoms with Gasteiger partial charge in [-0.2, -0.15) is 26.3 Å². The Morgan fingerprint density at radius 2 is 1.25 bits per heavy atom. The quantitative estimate of drug-likeness (QED) is 0.291. The molecule has 0 saturated carbocycles. The number of carboxylic acids is 1. The van der Waals surface area contributed by atoms with Crippen molar-refractivity contribution in [1.29, 1.82) is 0 Å². The van der Waals surface area contributed by atoms with E-state index in [9.17, 15) is 44.7 Å². The molecule has 32 heavy (non-hydrogen) atoms. The number of hydrogen-bond donors (Lipinski definition) is 1. The summed E-state index contributed by atoms with van der Waals surface area (Å²) in [7, 11) is 0. The van der Waals surface area contributed by atoms with Gasteiger partial charge < -0.3 is 9.84 Å². The van der Waals surface area contributed by atoms with E-state index >= 15 is 0 Å². The Hall–Kier alpha value is -1.62. The molecule has 0 unspecified atom stereocenters. The molecule has 0 atom stereocenters. The van der Waals surface area contributed by atoms with Gasteiger partial charge >= 0.3 is 36.1 Å². The van der Waals surface area contributed by atoms with Crippen LogP contribution in [0.2, 0.25) is 0 Å². The standard InChI is InChI=1S/C11H14F8O2.C9H18O2/c1-4-8(2,3)7(20)21-5-9(14,15)11(18,19)10(16,17)6(12)13;1-8(2,3)6-9(4,5)7(10)11/h6H,4-5H2,1-3H3;6H2,1-5H3,(H,10,11). The minimum atomic E-state index is -6.37. The zero-order chi connectivity index (χ0) is 26.6. The second-order valence-corrected chi connectivity index (χ2v) is 9.94. The predicted molar refractivity (Wildman–Crippen MR) is 101 cm³/mol. The monoisotopic (exact) mass is 488 g/mol. The fraction of sp³-hybridized carbons (Fsp3) is 0.900. The highest BCUT2D eigenvalue weighted by molar-refractivity contribution is 5.75. The lowest BCUT2D eigenvalue weighted by molar-refractivity contribution is -0.344. The van der Waals surface area contributed by atoms with Gasteiger partial charge in [0.1, 0.15) is 0 Å². The lowest BCUT2D eigenvalue weighted by Gasteiger charge is -2.32. The largest absolute Gasteiger partial charge is 0.481 e. The van der Waals surface area contributed by atoms with Gasteiger partial charge in [0, 0.05) is 0 Å². The molecule has 0 aliphatic rings. The zero-order valence-corrected chi connectivity index (χ0v) is 19.4. The van der Waals surface area contributed by atoms with E-state index in [-0.39, 0.29) is 11.8 Å². The average molecular weight is 488 g/mol. The molecule has 0 aromatic rings. The van der Waals surface area contributed by atoms with E-state index in [4.69, 9.17) is 5.11 Å². The molecule has 1 N–H and O–H groups in total. The number of carboxylic acid groups (broad SMARTS) is 1. The molecule has 0 amide bonds. The molecule has 0 aliphatic heterocycles. The summed E-state index contributed by atoms with van der Waals surface area (Å²) in [5.41, 5.74) is -1.82. The van der Waals surface area contributed by atoms with Crippen LogP contribution in [0.25, 0.3) is 0 Å². The number of aliphatic carboxylic acids is 1. The van der Waals surface area contributed by atoms with Crippen LogP contribution in [0.5, 0.6) is 0 Å². The van der Waals surface area contributed by atoms with E-state index in [0.29, 0.717) is 6.42 Å². The molecule has 192 valence electrons. The van der Waals surface area contributed by atoms with E-state index in [1.165, 1.54) is 20.8 Å². The van der Waals surface area contributed by atoms with Crippen LogP contribution < -0.4 is 0 Å². The smallest absolute Gasteiger partial charge is 0.381 e. The van der Waals surface area contributed by atoms with Crippen molar-refractivity contribution >= 4 is 11.9 Å². The molecule has 0 heterocycles. The molecule has 0 aliphatic carbocycles. The molecule has 0 radical (unpaired) electrons. The molecule has 12 heteroatoms. The van der Waals surface area contributed by atoms with Gasteiger partial charge in [-0.05, 0) is 46.0 Å². The molecule has 0 saturated heterocycles. The maximum Gasteiger partial charge on any atom is 0.381 e. The molecular weight excluding hydrogens is 456 g/mol. The van der Waals surface area contributed by atoms with Crippen LogP contribution in [0.15, 0.2) is 0 Å². The minimum Gasteiger partial charge on any atom is -0.481 e. The number of ether oxygens (including phenoxy) is 1. The lowest BCUT2D eigenvalue weighted by atomic mass is 9.76. The van der Waals surface area contributed by atoms with E-state index in [1.807, 2.05) is 0 Å². The number of alkyl halides is 8. The van der Waals surface area contributed by atoms with Gasteiger partial charge in [0.25, 0.3) is 0 Å². The Bertz CT molecular complexity index is 638. The Kier molecular flexibility index (Phi) is 10.7. The molecular formula is C20H32F8O4. The predicted octanol–water partition coefficient (Wildman–Crippen LogP) is 6.67. The third-order valence-corrected chi connectivity index (χ3v) is 4.52. The van der Waals surface area contributed by atoms with E-state index < -0.39 is 53.6 Å². The number of rotatable bonds is 9. The number of carbonyl (C=O) groups excluding carboxylic acids is 1. The van der Waals surface area contributed by atoms with Gasteiger partial charge in [-0.25, -0.2) is 8.78 Å². The second kappa shape index (κ2) is 10.5. The Morgan fingerprint density at radius 3 is 1.50 bits per heavy atom. The zero-order valence-electron chi connectivity index (χ0n) is 19.4. The summed E-state index contributed by atoms with van der Waals surface area (Å²) in [4.78, 5) is 22.0. The van der Waals surface area contributed by atoms with Gasteiger partial charge in [0.15, 0.2) is 6.61 Å². The summed E-state index contributed by atoms with van der Waals surface area (Å²) < 4.78 is 104. The van der Waals surface area contributed by atoms with Crippen molar-refractivity contribution < 1.29 is 54.6 Å². The third kappa shape index (κ3) is 8.73. The normalized spacial score (nSPS) is 14.0. The van der Waals surface area contributed by atoms with Crippen molar-refractivity contribution in [1.82, 2.24) is 0 Å². The van der Waals surface area contributed by atoms with Gasteiger partial charge in [-0.3, -0.25) is 9.59 Å². The summed E-state index contributed by atoms with van der Waals surface area (Å²) in [5, 5.41) is 8.80. The first-order valence-corrected chi connectivity index (χ1v) is 9.60. The first-order chi connectivity index (χ1) is 13.8. The number of halogens is 8. The third-order valence-electron chi connectivity index (χ3n) is 4.52. The van der Waals surface area contributed by atoms with E-state index in [1.54, 1.807) is 13.8 Å². The Labute approximate surface area is 182 Å². The second-order valence-electron chi connectivity index (χ2n) is 9.94. The van der Waals surface area contributed by atoms with E-state index in [2.05, 4.69) is 25.5 Å². The minimum absolute atomic E-state index is 0.0852. The number of hydrogen-bond acceptors (Lipinski definition) is 3. The SMILES string of the molecule is CC(C)(C)CC(C)(C)C(=O)O.CCC(C)(C)C(=O)OCC(F)(F)C(F)(F)C(F)(F)C(F)F. The van der Waals surface area contributed by atoms with Crippen LogP contribution in [-0.4, -0.2) is 47.8 Å². The first-order valence-electron chi connectivity index (χ1n) is 9.60. The molecule has 4 nitrogen and oxygen atoms in total. The number of esters is 1. The molecule has 0 bridgehead atoms. The van der Waals surface area contributed by atoms with Crippen molar-refractivity contribution in [2.45, 2.75) is 92.4 Å². The maximum absolute atomic E-state index is 13.1. The first kappa shape index (κ1) is 32.6. The topological polar surface area (TPSA) is 63.6 Å². The molecule has 0 aromatic heterocycles. The molecule has 0 fully saturated rings. The van der Waals surface area contributed by atoms with Crippen LogP contribution in [-0.2, 0) is 14.3 Å². The summed E-state index contributed by atoms with van der Waals surface area (Å²) in [6, 6.07) is 0. The maximum atomic E-state index is 13.1. The summed E-state index contributed by atoms with van der Waals surface area (Å²) in [6.07, 6.45) is -4.20. The van der Waals surface area contributed by atoms with Crippen molar-refractivity contribution in [3.05, 3.63) is 0 Å². The molecule has 0 spiro atoms. The van der Waals surface area contributed by atoms with Crippen molar-refractivity contribution in [3.63, 3.8) is 0 Å². The van der Waals surface area contributed by atoms with Gasteiger partial charge in [-0.1, -0.05) is 27.7 Å². The lowest BCUT2D eigenvalue weighted by Crippen LogP contribution is -2.59. The fourth-order valence-electron chi connectivity index (χ4n) is 2.37. The van der Waals surface area contributed by atoms with Crippen molar-refractivity contribution in [2.75, 3.05) is 6.61 Å². The van der Waals surface area contributed by atoms with Gasteiger partial charge in [0.05, 0.1) is 10.8 Å². The molecule has 0 aromatic carbocycles. The van der Waals surface area contributed by atoms with Crippen LogP contribution >= 0.6 is 0 Å². The summed E-state index contributed by atoms with van der Waals surface area (Å²) in [6.45, 7) is 11.2. The van der Waals surface area contributed by atoms with Crippen LogP contribution in [0.1, 0.15) is 68.2 Å². The summed E-state index contributed by atoms with van der Waals surface area (Å²) >= 11 is 0. The van der Waals surface area contributed by atoms with Gasteiger partial charge in [0.2, 0.25) is 0 Å². The van der Waals surface area contributed by atoms with Gasteiger partial charge in [-0.15, -0.1) is 0 Å². The Morgan fingerprint density at radius 1 is 0.844 bits per heavy atom. The fourth-order valence-corrected chi connectivity index (χ4v) is 2.37. The highest BCUT2D eigenvalue weighted by Crippen LogP contribution is 2.48. The molecule has 0 rings (SSSR count). The highest BCUT2D eigenvalue weighted by Gasteiger charge is 2.75.